The van der Waals surface area contributed by atoms with Crippen molar-refractivity contribution in [1.82, 2.24) is 4.98 Å². The van der Waals surface area contributed by atoms with Crippen LogP contribution in [0, 0.1) is 25.1 Å². The van der Waals surface area contributed by atoms with Gasteiger partial charge in [-0.3, -0.25) is 4.98 Å². The van der Waals surface area contributed by atoms with Gasteiger partial charge in [-0.2, -0.15) is 0 Å². The molecule has 0 bridgehead atoms. The number of piperidine rings is 1. The van der Waals surface area contributed by atoms with Crippen molar-refractivity contribution in [2.45, 2.75) is 112 Å². The van der Waals surface area contributed by atoms with Crippen LogP contribution in [0.5, 0.6) is 11.5 Å². The van der Waals surface area contributed by atoms with E-state index in [2.05, 4.69) is 30.9 Å². The third kappa shape index (κ3) is 8.26. The quantitative estimate of drug-likeness (QED) is 0.215. The van der Waals surface area contributed by atoms with Gasteiger partial charge in [0.15, 0.2) is 17.7 Å². The summed E-state index contributed by atoms with van der Waals surface area (Å²) in [6.45, 7) is 20.2. The number of benzene rings is 2. The van der Waals surface area contributed by atoms with Crippen LogP contribution >= 0.6 is 0 Å². The summed E-state index contributed by atoms with van der Waals surface area (Å²) in [5.74, 6) is 0.247. The van der Waals surface area contributed by atoms with Gasteiger partial charge >= 0.3 is 5.97 Å². The molecule has 0 amide bonds. The van der Waals surface area contributed by atoms with Crippen molar-refractivity contribution < 1.29 is 28.1 Å². The average molecular weight is 647 g/mol. The molecule has 0 spiro atoms. The number of aryl methyl sites for hydroxylation is 3. The summed E-state index contributed by atoms with van der Waals surface area (Å²) in [4.78, 5) is 21.3. The van der Waals surface area contributed by atoms with E-state index >= 15 is 0 Å². The van der Waals surface area contributed by atoms with Gasteiger partial charge in [-0.05, 0) is 115 Å². The number of anilines is 1. The normalized spacial score (nSPS) is 18.4. The fourth-order valence-corrected chi connectivity index (χ4v) is 6.50. The summed E-state index contributed by atoms with van der Waals surface area (Å²) in [6.07, 6.45) is 2.19. The molecule has 0 aliphatic carbocycles. The molecule has 2 atom stereocenters. The molecule has 0 saturated carbocycles. The lowest BCUT2D eigenvalue weighted by atomic mass is 9.81. The Morgan fingerprint density at radius 3 is 2.45 bits per heavy atom. The molecule has 1 fully saturated rings. The second kappa shape index (κ2) is 13.8. The van der Waals surface area contributed by atoms with Crippen molar-refractivity contribution in [3.63, 3.8) is 0 Å². The molecule has 1 saturated heterocycles. The highest BCUT2D eigenvalue weighted by Gasteiger charge is 2.38. The molecular weight excluding hydrogens is 595 g/mol. The molecule has 5 rings (SSSR count). The summed E-state index contributed by atoms with van der Waals surface area (Å²) in [5, 5.41) is 0. The SMILES string of the molecule is Cc1nc(C)c(C(OC(C)(C)C)C(=O)OC(C)C)c(N2CCC(C)(C)CC2)c1-c1ccc2c(c1)CCC(COc1ccccc1F)O2. The number of pyridine rings is 1. The van der Waals surface area contributed by atoms with Crippen LogP contribution in [0.15, 0.2) is 42.5 Å². The minimum Gasteiger partial charge on any atom is -0.487 e. The molecule has 2 aliphatic rings. The van der Waals surface area contributed by atoms with Crippen LogP contribution in [0.2, 0.25) is 0 Å². The van der Waals surface area contributed by atoms with Crippen LogP contribution in [0.4, 0.5) is 10.1 Å². The highest BCUT2D eigenvalue weighted by Crippen LogP contribution is 2.46. The van der Waals surface area contributed by atoms with E-state index in [4.69, 9.17) is 23.9 Å². The molecule has 3 heterocycles. The van der Waals surface area contributed by atoms with E-state index in [0.29, 0.717) is 0 Å². The van der Waals surface area contributed by atoms with E-state index in [1.54, 1.807) is 18.2 Å². The second-order valence-electron chi connectivity index (χ2n) is 15.0. The van der Waals surface area contributed by atoms with Gasteiger partial charge in [0.25, 0.3) is 0 Å². The fraction of sp³-hybridized carbons (Fsp3) is 0.538. The third-order valence-electron chi connectivity index (χ3n) is 8.95. The van der Waals surface area contributed by atoms with Crippen LogP contribution in [-0.2, 0) is 20.7 Å². The van der Waals surface area contributed by atoms with Crippen molar-refractivity contribution in [2.75, 3.05) is 24.6 Å². The summed E-state index contributed by atoms with van der Waals surface area (Å²) in [7, 11) is 0. The Balaban J connectivity index is 1.55. The van der Waals surface area contributed by atoms with Crippen molar-refractivity contribution in [2.24, 2.45) is 5.41 Å². The molecule has 0 N–H and O–H groups in total. The molecule has 7 nitrogen and oxygen atoms in total. The number of carbonyl (C=O) groups is 1. The minimum atomic E-state index is -0.939. The first-order chi connectivity index (χ1) is 22.1. The topological polar surface area (TPSA) is 70.1 Å². The Bertz CT molecular complexity index is 1580. The zero-order valence-corrected chi connectivity index (χ0v) is 29.5. The number of aromatic nitrogens is 1. The zero-order chi connectivity index (χ0) is 34.1. The van der Waals surface area contributed by atoms with Gasteiger partial charge in [0, 0.05) is 35.6 Å². The van der Waals surface area contributed by atoms with Gasteiger partial charge < -0.3 is 23.8 Å². The lowest BCUT2D eigenvalue weighted by molar-refractivity contribution is -0.171. The predicted octanol–water partition coefficient (Wildman–Crippen LogP) is 8.71. The van der Waals surface area contributed by atoms with Crippen LogP contribution < -0.4 is 14.4 Å². The minimum absolute atomic E-state index is 0.183. The Morgan fingerprint density at radius 2 is 1.79 bits per heavy atom. The molecule has 0 radical (unpaired) electrons. The lowest BCUT2D eigenvalue weighted by Crippen LogP contribution is -2.39. The molecule has 3 aromatic rings. The molecule has 47 heavy (non-hydrogen) atoms. The van der Waals surface area contributed by atoms with E-state index in [1.165, 1.54) is 6.07 Å². The van der Waals surface area contributed by atoms with Gasteiger partial charge in [-0.25, -0.2) is 9.18 Å². The van der Waals surface area contributed by atoms with Gasteiger partial charge in [0.2, 0.25) is 0 Å². The molecule has 254 valence electrons. The van der Waals surface area contributed by atoms with Gasteiger partial charge in [0.05, 0.1) is 17.4 Å². The third-order valence-corrected chi connectivity index (χ3v) is 8.95. The van der Waals surface area contributed by atoms with Gasteiger partial charge in [0.1, 0.15) is 18.5 Å². The maximum Gasteiger partial charge on any atom is 0.340 e. The number of rotatable bonds is 9. The predicted molar refractivity (Wildman–Crippen MR) is 184 cm³/mol. The van der Waals surface area contributed by atoms with Crippen molar-refractivity contribution in [3.05, 3.63) is 70.8 Å². The molecule has 2 aromatic carbocycles. The van der Waals surface area contributed by atoms with Crippen molar-refractivity contribution >= 4 is 11.7 Å². The van der Waals surface area contributed by atoms with Crippen molar-refractivity contribution in [3.8, 4) is 22.6 Å². The van der Waals surface area contributed by atoms with Crippen LogP contribution in [0.25, 0.3) is 11.1 Å². The largest absolute Gasteiger partial charge is 0.487 e. The van der Waals surface area contributed by atoms with Crippen LogP contribution in [0.1, 0.15) is 96.3 Å². The Kier molecular flexibility index (Phi) is 10.2. The summed E-state index contributed by atoms with van der Waals surface area (Å²) >= 11 is 0. The summed E-state index contributed by atoms with van der Waals surface area (Å²) in [5.41, 5.74) is 6.17. The zero-order valence-electron chi connectivity index (χ0n) is 29.5. The molecule has 1 aromatic heterocycles. The number of hydrogen-bond acceptors (Lipinski definition) is 7. The summed E-state index contributed by atoms with van der Waals surface area (Å²) in [6, 6.07) is 12.7. The second-order valence-corrected chi connectivity index (χ2v) is 15.0. The van der Waals surface area contributed by atoms with Crippen LogP contribution in [-0.4, -0.2) is 48.5 Å². The Morgan fingerprint density at radius 1 is 1.09 bits per heavy atom. The number of esters is 1. The van der Waals surface area contributed by atoms with E-state index < -0.39 is 17.7 Å². The van der Waals surface area contributed by atoms with E-state index in [1.807, 2.05) is 54.5 Å². The monoisotopic (exact) mass is 646 g/mol. The number of hydrogen-bond donors (Lipinski definition) is 0. The van der Waals surface area contributed by atoms with Gasteiger partial charge in [-0.15, -0.1) is 0 Å². The Hall–Kier alpha value is -3.65. The lowest BCUT2D eigenvalue weighted by Gasteiger charge is -2.41. The molecule has 2 unspecified atom stereocenters. The number of para-hydroxylation sites is 1. The molecule has 2 aliphatic heterocycles. The smallest absolute Gasteiger partial charge is 0.340 e. The maximum absolute atomic E-state index is 14.1. The van der Waals surface area contributed by atoms with E-state index in [0.717, 1.165) is 83.9 Å². The van der Waals surface area contributed by atoms with Gasteiger partial charge in [-0.1, -0.05) is 32.0 Å². The van der Waals surface area contributed by atoms with Crippen LogP contribution in [0.3, 0.4) is 0 Å². The first-order valence-corrected chi connectivity index (χ1v) is 16.9. The number of carbonyl (C=O) groups excluding carboxylic acids is 1. The number of halogens is 1. The number of fused-ring (bicyclic) bond motifs is 1. The average Bonchev–Trinajstić information content (AvgIpc) is 2.98. The Labute approximate surface area is 279 Å². The first kappa shape index (κ1) is 34.7. The van der Waals surface area contributed by atoms with E-state index in [-0.39, 0.29) is 35.8 Å². The number of ether oxygens (including phenoxy) is 4. The summed E-state index contributed by atoms with van der Waals surface area (Å²) < 4.78 is 38.5. The van der Waals surface area contributed by atoms with E-state index in [9.17, 15) is 9.18 Å². The highest BCUT2D eigenvalue weighted by atomic mass is 19.1. The fourth-order valence-electron chi connectivity index (χ4n) is 6.50. The highest BCUT2D eigenvalue weighted by molar-refractivity contribution is 5.89. The maximum atomic E-state index is 14.1. The number of nitrogens with zero attached hydrogens (tertiary/aromatic N) is 2. The standard InChI is InChI=1S/C39H51FN2O5/c1-24(2)45-37(43)36(47-38(5,6)7)34-26(4)41-25(3)33(35(34)42-20-18-39(8,9)19-21-42)28-15-17-31-27(22-28)14-16-29(46-31)23-44-32-13-11-10-12-30(32)40/h10-13,15,17,22,24,29,36H,14,16,18-21,23H2,1-9H3. The van der Waals surface area contributed by atoms with Crippen molar-refractivity contribution in [1.29, 1.82) is 0 Å². The first-order valence-electron chi connectivity index (χ1n) is 16.9. The molecule has 8 heteroatoms. The molecular formula is C39H51FN2O5.